The summed E-state index contributed by atoms with van der Waals surface area (Å²) in [5.41, 5.74) is 5.12. The number of hydrazine groups is 1. The zero-order valence-corrected chi connectivity index (χ0v) is 24.0. The molecule has 0 aliphatic heterocycles. The van der Waals surface area contributed by atoms with Crippen molar-refractivity contribution in [1.29, 1.82) is 0 Å². The summed E-state index contributed by atoms with van der Waals surface area (Å²) in [6.45, 7) is 3.30. The zero-order chi connectivity index (χ0) is 31.6. The number of amides is 2. The average Bonchev–Trinajstić information content (AvgIpc) is 3.71. The lowest BCUT2D eigenvalue weighted by atomic mass is 10.2. The molecular weight excluding hydrogens is 572 g/mol. The molecule has 0 radical (unpaired) electrons. The lowest BCUT2D eigenvalue weighted by molar-refractivity contribution is -0.683. The molecular formula is C30H30N6O8+2. The van der Waals surface area contributed by atoms with Crippen LogP contribution in [0.2, 0.25) is 0 Å². The van der Waals surface area contributed by atoms with Crippen LogP contribution < -0.4 is 20.0 Å². The summed E-state index contributed by atoms with van der Waals surface area (Å²) >= 11 is 0. The Morgan fingerprint density at radius 2 is 1.05 bits per heavy atom. The third kappa shape index (κ3) is 7.47. The van der Waals surface area contributed by atoms with Crippen LogP contribution in [0.25, 0.3) is 0 Å². The number of esters is 2. The Morgan fingerprint density at radius 1 is 0.636 bits per heavy atom. The Kier molecular flexibility index (Phi) is 10.1. The van der Waals surface area contributed by atoms with Crippen LogP contribution in [0.4, 0.5) is 0 Å². The number of hydrogen-bond acceptors (Lipinski definition) is 8. The van der Waals surface area contributed by atoms with Crippen molar-refractivity contribution < 1.29 is 47.4 Å². The number of pyridine rings is 2. The summed E-state index contributed by atoms with van der Waals surface area (Å²) in [4.78, 5) is 75.4. The van der Waals surface area contributed by atoms with Gasteiger partial charge in [-0.1, -0.05) is 0 Å². The maximum atomic E-state index is 12.8. The first-order valence-electron chi connectivity index (χ1n) is 13.6. The van der Waals surface area contributed by atoms with Gasteiger partial charge in [-0.05, 0) is 50.2 Å². The fourth-order valence-corrected chi connectivity index (χ4v) is 4.17. The molecule has 14 heteroatoms. The van der Waals surface area contributed by atoms with Crippen molar-refractivity contribution in [2.24, 2.45) is 0 Å². The molecule has 0 spiro atoms. The number of nitrogens with one attached hydrogen (secondary N) is 2. The zero-order valence-electron chi connectivity index (χ0n) is 24.0. The first-order chi connectivity index (χ1) is 21.2. The number of rotatable bonds is 10. The normalized spacial score (nSPS) is 10.5. The van der Waals surface area contributed by atoms with Gasteiger partial charge in [0.05, 0.1) is 13.2 Å². The molecule has 0 saturated carbocycles. The molecule has 0 saturated heterocycles. The monoisotopic (exact) mass is 602 g/mol. The van der Waals surface area contributed by atoms with Gasteiger partial charge in [-0.3, -0.25) is 39.2 Å². The molecule has 0 aromatic carbocycles. The first kappa shape index (κ1) is 31.0. The highest BCUT2D eigenvalue weighted by Crippen LogP contribution is 2.06. The van der Waals surface area contributed by atoms with Gasteiger partial charge in [-0.25, -0.2) is 9.59 Å². The summed E-state index contributed by atoms with van der Waals surface area (Å²) < 4.78 is 15.2. The molecule has 2 N–H and O–H groups in total. The second-order valence-corrected chi connectivity index (χ2v) is 9.19. The quantitative estimate of drug-likeness (QED) is 0.154. The van der Waals surface area contributed by atoms with E-state index >= 15 is 0 Å². The standard InChI is InChI=1S/C30H28N6O8/c1-3-43-29(41)23-11-7-15-35(23)25(37)19-33-13-5-9-21(17-33)27(39)31-32-28(40)22-10-6-14-34(18-22)20-26(38)36-16-8-12-24(36)30(42)44-4-2/h5-18H,3-4,19-20H2,1-2H3/p+2. The second-order valence-electron chi connectivity index (χ2n) is 9.19. The van der Waals surface area contributed by atoms with Crippen molar-refractivity contribution in [2.45, 2.75) is 26.9 Å². The SMILES string of the molecule is CCOC(=O)c1cccn1C(=O)C[n+]1cccc(C(=O)NNC(=O)c2ccc[n+](CC(=O)n3cccc3C(=O)OCC)c2)c1. The molecule has 0 aliphatic rings. The molecule has 0 unspecified atom stereocenters. The van der Waals surface area contributed by atoms with Crippen molar-refractivity contribution in [1.82, 2.24) is 20.0 Å². The minimum absolute atomic E-state index is 0.0896. The lowest BCUT2D eigenvalue weighted by Crippen LogP contribution is -2.45. The number of carbonyl (C=O) groups excluding carboxylic acids is 6. The van der Waals surface area contributed by atoms with E-state index in [1.807, 2.05) is 0 Å². The molecule has 0 fully saturated rings. The highest BCUT2D eigenvalue weighted by atomic mass is 16.5. The van der Waals surface area contributed by atoms with Gasteiger partial charge in [-0.15, -0.1) is 0 Å². The van der Waals surface area contributed by atoms with E-state index in [4.69, 9.17) is 9.47 Å². The van der Waals surface area contributed by atoms with Crippen LogP contribution in [0, 0.1) is 0 Å². The molecule has 14 nitrogen and oxygen atoms in total. The number of ether oxygens (including phenoxy) is 2. The van der Waals surface area contributed by atoms with E-state index < -0.39 is 35.6 Å². The Balaban J connectivity index is 1.36. The van der Waals surface area contributed by atoms with E-state index in [-0.39, 0.29) is 48.8 Å². The van der Waals surface area contributed by atoms with Gasteiger partial charge in [0.1, 0.15) is 22.5 Å². The summed E-state index contributed by atoms with van der Waals surface area (Å²) in [6.07, 6.45) is 8.89. The third-order valence-electron chi connectivity index (χ3n) is 6.17. The third-order valence-corrected chi connectivity index (χ3v) is 6.17. The van der Waals surface area contributed by atoms with E-state index in [1.54, 1.807) is 50.5 Å². The van der Waals surface area contributed by atoms with Gasteiger partial charge in [0.25, 0.3) is 23.6 Å². The summed E-state index contributed by atoms with van der Waals surface area (Å²) in [5, 5.41) is 0. The van der Waals surface area contributed by atoms with E-state index in [0.717, 1.165) is 0 Å². The number of carbonyl (C=O) groups is 6. The van der Waals surface area contributed by atoms with Crippen molar-refractivity contribution >= 4 is 35.6 Å². The molecule has 0 bridgehead atoms. The molecule has 4 aromatic rings. The number of hydrogen-bond donors (Lipinski definition) is 2. The average molecular weight is 603 g/mol. The predicted molar refractivity (Wildman–Crippen MR) is 150 cm³/mol. The topological polar surface area (TPSA) is 163 Å². The second kappa shape index (κ2) is 14.3. The van der Waals surface area contributed by atoms with Crippen LogP contribution >= 0.6 is 0 Å². The summed E-state index contributed by atoms with van der Waals surface area (Å²) in [7, 11) is 0. The molecule has 0 aliphatic carbocycles. The van der Waals surface area contributed by atoms with E-state index in [2.05, 4.69) is 10.9 Å². The Hall–Kier alpha value is -5.92. The van der Waals surface area contributed by atoms with Gasteiger partial charge in [0.2, 0.25) is 13.1 Å². The Morgan fingerprint density at radius 3 is 1.43 bits per heavy atom. The maximum Gasteiger partial charge on any atom is 0.355 e. The highest BCUT2D eigenvalue weighted by Gasteiger charge is 2.22. The summed E-state index contributed by atoms with van der Waals surface area (Å²) in [6, 6.07) is 12.2. The van der Waals surface area contributed by atoms with Crippen molar-refractivity contribution in [3.8, 4) is 0 Å². The molecule has 226 valence electrons. The largest absolute Gasteiger partial charge is 0.461 e. The maximum absolute atomic E-state index is 12.8. The van der Waals surface area contributed by atoms with E-state index in [1.165, 1.54) is 67.3 Å². The van der Waals surface area contributed by atoms with Crippen LogP contribution in [0.15, 0.2) is 85.7 Å². The van der Waals surface area contributed by atoms with Crippen molar-refractivity contribution in [3.05, 3.63) is 108 Å². The molecule has 4 heterocycles. The fraction of sp³-hybridized carbons (Fsp3) is 0.200. The van der Waals surface area contributed by atoms with Crippen LogP contribution in [0.5, 0.6) is 0 Å². The lowest BCUT2D eigenvalue weighted by Gasteiger charge is -2.08. The van der Waals surface area contributed by atoms with E-state index in [0.29, 0.717) is 0 Å². The Labute approximate surface area is 251 Å². The summed E-state index contributed by atoms with van der Waals surface area (Å²) in [5.74, 6) is -3.41. The molecule has 2 amide bonds. The van der Waals surface area contributed by atoms with Crippen LogP contribution in [-0.2, 0) is 22.6 Å². The smallest absolute Gasteiger partial charge is 0.355 e. The number of aromatic nitrogens is 4. The van der Waals surface area contributed by atoms with Crippen molar-refractivity contribution in [2.75, 3.05) is 13.2 Å². The highest BCUT2D eigenvalue weighted by molar-refractivity contribution is 5.98. The minimum Gasteiger partial charge on any atom is -0.461 e. The minimum atomic E-state index is -0.647. The van der Waals surface area contributed by atoms with Crippen LogP contribution in [-0.4, -0.2) is 57.9 Å². The van der Waals surface area contributed by atoms with E-state index in [9.17, 15) is 28.8 Å². The fourth-order valence-electron chi connectivity index (χ4n) is 4.17. The van der Waals surface area contributed by atoms with Gasteiger partial charge in [-0.2, -0.15) is 9.13 Å². The molecule has 0 atom stereocenters. The van der Waals surface area contributed by atoms with Gasteiger partial charge >= 0.3 is 11.9 Å². The molecule has 4 aromatic heterocycles. The van der Waals surface area contributed by atoms with Gasteiger partial charge in [0, 0.05) is 24.5 Å². The molecule has 44 heavy (non-hydrogen) atoms. The van der Waals surface area contributed by atoms with Crippen molar-refractivity contribution in [3.63, 3.8) is 0 Å². The molecule has 4 rings (SSSR count). The van der Waals surface area contributed by atoms with Gasteiger partial charge in [0.15, 0.2) is 24.8 Å². The van der Waals surface area contributed by atoms with Crippen LogP contribution in [0.1, 0.15) is 65.1 Å². The van der Waals surface area contributed by atoms with Gasteiger partial charge < -0.3 is 9.47 Å². The first-order valence-corrected chi connectivity index (χ1v) is 13.6. The predicted octanol–water partition coefficient (Wildman–Crippen LogP) is 0.974. The number of nitrogens with zero attached hydrogens (tertiary/aromatic N) is 4. The van der Waals surface area contributed by atoms with Crippen LogP contribution in [0.3, 0.4) is 0 Å². The Bertz CT molecular complexity index is 1600.